The number of nitrogens with zero attached hydrogens (tertiary/aromatic N) is 1. The van der Waals surface area contributed by atoms with Gasteiger partial charge in [0, 0.05) is 6.54 Å². The van der Waals surface area contributed by atoms with Crippen molar-refractivity contribution in [3.63, 3.8) is 0 Å². The van der Waals surface area contributed by atoms with Gasteiger partial charge in [0.1, 0.15) is 11.8 Å². The van der Waals surface area contributed by atoms with Gasteiger partial charge in [0.05, 0.1) is 6.61 Å². The van der Waals surface area contributed by atoms with Crippen LogP contribution in [0.15, 0.2) is 30.3 Å². The van der Waals surface area contributed by atoms with Crippen molar-refractivity contribution in [2.24, 2.45) is 0 Å². The Balaban J connectivity index is 2.00. The number of carbonyl (C=O) groups is 2. The molecule has 0 aromatic heterocycles. The summed E-state index contributed by atoms with van der Waals surface area (Å²) in [6.45, 7) is 2.58. The first-order chi connectivity index (χ1) is 9.22. The molecule has 102 valence electrons. The van der Waals surface area contributed by atoms with Crippen molar-refractivity contribution in [2.75, 3.05) is 13.2 Å². The van der Waals surface area contributed by atoms with Crippen molar-refractivity contribution >= 4 is 12.1 Å². The topological polar surface area (TPSA) is 55.8 Å². The van der Waals surface area contributed by atoms with Crippen molar-refractivity contribution in [1.82, 2.24) is 4.90 Å². The van der Waals surface area contributed by atoms with E-state index >= 15 is 0 Å². The van der Waals surface area contributed by atoms with Crippen LogP contribution < -0.4 is 4.74 Å². The third kappa shape index (κ3) is 3.24. The number of amides is 1. The lowest BCUT2D eigenvalue weighted by Crippen LogP contribution is -2.42. The minimum Gasteiger partial charge on any atom is -0.450 e. The standard InChI is InChI=1S/C14H17NO4/c1-2-18-14(17)15-10-6-9-12(15)13(16)19-11-7-4-3-5-8-11/h3-5,7-8,12H,2,6,9-10H2,1H3. The van der Waals surface area contributed by atoms with Gasteiger partial charge in [-0.05, 0) is 31.9 Å². The fraction of sp³-hybridized carbons (Fsp3) is 0.429. The molecule has 1 aromatic carbocycles. The Bertz CT molecular complexity index is 446. The predicted octanol–water partition coefficient (Wildman–Crippen LogP) is 2.21. The smallest absolute Gasteiger partial charge is 0.410 e. The lowest BCUT2D eigenvalue weighted by molar-refractivity contribution is -0.138. The Morgan fingerprint density at radius 2 is 2.05 bits per heavy atom. The summed E-state index contributed by atoms with van der Waals surface area (Å²) in [7, 11) is 0. The molecule has 0 bridgehead atoms. The van der Waals surface area contributed by atoms with E-state index < -0.39 is 18.1 Å². The third-order valence-electron chi connectivity index (χ3n) is 2.99. The lowest BCUT2D eigenvalue weighted by atomic mass is 10.2. The maximum atomic E-state index is 12.1. The predicted molar refractivity (Wildman–Crippen MR) is 68.8 cm³/mol. The highest BCUT2D eigenvalue weighted by molar-refractivity contribution is 5.83. The first-order valence-corrected chi connectivity index (χ1v) is 6.42. The molecule has 1 saturated heterocycles. The van der Waals surface area contributed by atoms with Crippen LogP contribution in [0.5, 0.6) is 5.75 Å². The number of rotatable bonds is 3. The van der Waals surface area contributed by atoms with Gasteiger partial charge in [-0.2, -0.15) is 0 Å². The first kappa shape index (κ1) is 13.4. The molecule has 1 amide bonds. The maximum absolute atomic E-state index is 12.1. The largest absolute Gasteiger partial charge is 0.450 e. The molecular formula is C14H17NO4. The van der Waals surface area contributed by atoms with Gasteiger partial charge in [-0.15, -0.1) is 0 Å². The summed E-state index contributed by atoms with van der Waals surface area (Å²) < 4.78 is 10.2. The zero-order valence-electron chi connectivity index (χ0n) is 10.9. The monoisotopic (exact) mass is 263 g/mol. The molecule has 0 radical (unpaired) electrons. The van der Waals surface area contributed by atoms with Gasteiger partial charge in [-0.25, -0.2) is 9.59 Å². The SMILES string of the molecule is CCOC(=O)N1CCCC1C(=O)Oc1ccccc1. The molecule has 5 heteroatoms. The summed E-state index contributed by atoms with van der Waals surface area (Å²) in [4.78, 5) is 25.2. The number of para-hydroxylation sites is 1. The molecule has 0 N–H and O–H groups in total. The molecule has 1 unspecified atom stereocenters. The lowest BCUT2D eigenvalue weighted by Gasteiger charge is -2.22. The van der Waals surface area contributed by atoms with Crippen LogP contribution in [0.2, 0.25) is 0 Å². The maximum Gasteiger partial charge on any atom is 0.410 e. The van der Waals surface area contributed by atoms with Crippen LogP contribution in [0.25, 0.3) is 0 Å². The zero-order chi connectivity index (χ0) is 13.7. The first-order valence-electron chi connectivity index (χ1n) is 6.42. The fourth-order valence-corrected chi connectivity index (χ4v) is 2.11. The van der Waals surface area contributed by atoms with E-state index in [2.05, 4.69) is 0 Å². The number of likely N-dealkylation sites (tertiary alicyclic amines) is 1. The average Bonchev–Trinajstić information content (AvgIpc) is 2.89. The highest BCUT2D eigenvalue weighted by atomic mass is 16.6. The quantitative estimate of drug-likeness (QED) is 0.619. The molecule has 1 fully saturated rings. The van der Waals surface area contributed by atoms with E-state index in [0.29, 0.717) is 25.3 Å². The second-order valence-electron chi connectivity index (χ2n) is 4.28. The molecule has 0 saturated carbocycles. The molecule has 1 aliphatic rings. The van der Waals surface area contributed by atoms with Crippen LogP contribution in [0, 0.1) is 0 Å². The van der Waals surface area contributed by atoms with Crippen molar-refractivity contribution in [2.45, 2.75) is 25.8 Å². The summed E-state index contributed by atoms with van der Waals surface area (Å²) in [5.74, 6) is 0.0833. The van der Waals surface area contributed by atoms with E-state index in [1.807, 2.05) is 6.07 Å². The Labute approximate surface area is 112 Å². The number of ether oxygens (including phenoxy) is 2. The molecule has 1 aromatic rings. The molecule has 1 atom stereocenters. The highest BCUT2D eigenvalue weighted by Gasteiger charge is 2.36. The third-order valence-corrected chi connectivity index (χ3v) is 2.99. The van der Waals surface area contributed by atoms with E-state index in [0.717, 1.165) is 6.42 Å². The molecule has 1 heterocycles. The number of hydrogen-bond acceptors (Lipinski definition) is 4. The minimum atomic E-state index is -0.542. The van der Waals surface area contributed by atoms with Gasteiger partial charge in [0.15, 0.2) is 0 Å². The van der Waals surface area contributed by atoms with Gasteiger partial charge in [0.2, 0.25) is 0 Å². The average molecular weight is 263 g/mol. The molecule has 5 nitrogen and oxygen atoms in total. The second-order valence-corrected chi connectivity index (χ2v) is 4.28. The van der Waals surface area contributed by atoms with E-state index in [1.54, 1.807) is 31.2 Å². The van der Waals surface area contributed by atoms with Gasteiger partial charge in [-0.1, -0.05) is 18.2 Å². The van der Waals surface area contributed by atoms with Crippen LogP contribution >= 0.6 is 0 Å². The molecule has 0 spiro atoms. The molecule has 0 aliphatic carbocycles. The van der Waals surface area contributed by atoms with Crippen molar-refractivity contribution in [3.8, 4) is 5.75 Å². The molecular weight excluding hydrogens is 246 g/mol. The number of benzene rings is 1. The van der Waals surface area contributed by atoms with Crippen molar-refractivity contribution in [1.29, 1.82) is 0 Å². The van der Waals surface area contributed by atoms with Crippen LogP contribution in [-0.4, -0.2) is 36.2 Å². The van der Waals surface area contributed by atoms with Crippen LogP contribution in [0.3, 0.4) is 0 Å². The van der Waals surface area contributed by atoms with Crippen LogP contribution in [-0.2, 0) is 9.53 Å². The number of hydrogen-bond donors (Lipinski definition) is 0. The van der Waals surface area contributed by atoms with Crippen molar-refractivity contribution in [3.05, 3.63) is 30.3 Å². The van der Waals surface area contributed by atoms with Gasteiger partial charge in [0.25, 0.3) is 0 Å². The summed E-state index contributed by atoms with van der Waals surface area (Å²) in [6.07, 6.45) is 0.952. The summed E-state index contributed by atoms with van der Waals surface area (Å²) in [6, 6.07) is 8.31. The number of esters is 1. The second kappa shape index (κ2) is 6.22. The zero-order valence-corrected chi connectivity index (χ0v) is 10.9. The Morgan fingerprint density at radius 3 is 2.74 bits per heavy atom. The van der Waals surface area contributed by atoms with Gasteiger partial charge in [-0.3, -0.25) is 4.90 Å². The summed E-state index contributed by atoms with van der Waals surface area (Å²) in [5, 5.41) is 0. The number of carbonyl (C=O) groups excluding carboxylic acids is 2. The summed E-state index contributed by atoms with van der Waals surface area (Å²) in [5.41, 5.74) is 0. The summed E-state index contributed by atoms with van der Waals surface area (Å²) >= 11 is 0. The van der Waals surface area contributed by atoms with Crippen LogP contribution in [0.1, 0.15) is 19.8 Å². The highest BCUT2D eigenvalue weighted by Crippen LogP contribution is 2.21. The van der Waals surface area contributed by atoms with Gasteiger partial charge < -0.3 is 9.47 Å². The van der Waals surface area contributed by atoms with Crippen molar-refractivity contribution < 1.29 is 19.1 Å². The normalized spacial score (nSPS) is 18.2. The van der Waals surface area contributed by atoms with Crippen LogP contribution in [0.4, 0.5) is 4.79 Å². The Hall–Kier alpha value is -2.04. The molecule has 2 rings (SSSR count). The molecule has 19 heavy (non-hydrogen) atoms. The molecule has 1 aliphatic heterocycles. The fourth-order valence-electron chi connectivity index (χ4n) is 2.11. The van der Waals surface area contributed by atoms with E-state index in [9.17, 15) is 9.59 Å². The van der Waals surface area contributed by atoms with Gasteiger partial charge >= 0.3 is 12.1 Å². The van der Waals surface area contributed by atoms with E-state index in [-0.39, 0.29) is 0 Å². The Kier molecular flexibility index (Phi) is 4.39. The minimum absolute atomic E-state index is 0.301. The van der Waals surface area contributed by atoms with E-state index in [4.69, 9.17) is 9.47 Å². The van der Waals surface area contributed by atoms with E-state index in [1.165, 1.54) is 4.90 Å². The Morgan fingerprint density at radius 1 is 1.32 bits per heavy atom.